The van der Waals surface area contributed by atoms with Gasteiger partial charge in [0, 0.05) is 44.8 Å². The molecule has 4 rings (SSSR count). The fourth-order valence-corrected chi connectivity index (χ4v) is 4.44. The fraction of sp³-hybridized carbons (Fsp3) is 0.722. The molecule has 1 atom stereocenters. The number of ether oxygens (including phenoxy) is 2. The lowest BCUT2D eigenvalue weighted by atomic mass is 9.71. The van der Waals surface area contributed by atoms with Gasteiger partial charge in [0.05, 0.1) is 31.9 Å². The minimum Gasteiger partial charge on any atom is -0.468 e. The smallest absolute Gasteiger partial charge is 0.227 e. The van der Waals surface area contributed by atoms with Crippen molar-refractivity contribution in [2.24, 2.45) is 11.3 Å². The summed E-state index contributed by atoms with van der Waals surface area (Å²) in [7, 11) is 0. The Hall–Kier alpha value is -1.37. The number of morpholine rings is 1. The lowest BCUT2D eigenvalue weighted by Gasteiger charge is -2.40. The summed E-state index contributed by atoms with van der Waals surface area (Å²) in [5, 5.41) is 0. The van der Waals surface area contributed by atoms with Crippen LogP contribution in [0, 0.1) is 11.3 Å². The second-order valence-electron chi connectivity index (χ2n) is 7.21. The first-order valence-electron chi connectivity index (χ1n) is 8.96. The number of rotatable bonds is 3. The summed E-state index contributed by atoms with van der Waals surface area (Å²) in [4.78, 5) is 17.6. The molecule has 4 heterocycles. The minimum absolute atomic E-state index is 0.0558. The van der Waals surface area contributed by atoms with Crippen LogP contribution >= 0.6 is 0 Å². The van der Waals surface area contributed by atoms with E-state index in [-0.39, 0.29) is 11.3 Å². The monoisotopic (exact) mass is 334 g/mol. The predicted molar refractivity (Wildman–Crippen MR) is 87.4 cm³/mol. The van der Waals surface area contributed by atoms with E-state index < -0.39 is 0 Å². The molecular weight excluding hydrogens is 308 g/mol. The molecule has 1 amide bonds. The van der Waals surface area contributed by atoms with E-state index in [2.05, 4.69) is 4.90 Å². The molecule has 1 aromatic rings. The predicted octanol–water partition coefficient (Wildman–Crippen LogP) is 1.37. The van der Waals surface area contributed by atoms with Gasteiger partial charge in [-0.25, -0.2) is 0 Å². The van der Waals surface area contributed by atoms with Crippen LogP contribution < -0.4 is 0 Å². The second kappa shape index (κ2) is 6.86. The zero-order valence-electron chi connectivity index (χ0n) is 14.1. The van der Waals surface area contributed by atoms with Crippen molar-refractivity contribution in [3.05, 3.63) is 24.2 Å². The van der Waals surface area contributed by atoms with E-state index >= 15 is 0 Å². The molecule has 0 bridgehead atoms. The zero-order chi connectivity index (χ0) is 16.4. The summed E-state index contributed by atoms with van der Waals surface area (Å²) in [6.45, 7) is 6.84. The Kier molecular flexibility index (Phi) is 4.61. The van der Waals surface area contributed by atoms with Crippen molar-refractivity contribution in [2.75, 3.05) is 52.6 Å². The molecule has 3 saturated heterocycles. The van der Waals surface area contributed by atoms with Gasteiger partial charge in [0.1, 0.15) is 5.76 Å². The van der Waals surface area contributed by atoms with Crippen molar-refractivity contribution in [1.82, 2.24) is 9.80 Å². The van der Waals surface area contributed by atoms with Crippen molar-refractivity contribution in [1.29, 1.82) is 0 Å². The molecule has 0 aromatic carbocycles. The first-order valence-corrected chi connectivity index (χ1v) is 8.96. The second-order valence-corrected chi connectivity index (χ2v) is 7.21. The Morgan fingerprint density at radius 1 is 1.17 bits per heavy atom. The number of furan rings is 1. The van der Waals surface area contributed by atoms with Crippen molar-refractivity contribution in [3.8, 4) is 0 Å². The Labute approximate surface area is 142 Å². The van der Waals surface area contributed by atoms with Crippen LogP contribution in [-0.4, -0.2) is 68.3 Å². The average molecular weight is 334 g/mol. The van der Waals surface area contributed by atoms with Crippen molar-refractivity contribution in [2.45, 2.75) is 19.4 Å². The van der Waals surface area contributed by atoms with Gasteiger partial charge in [-0.05, 0) is 25.0 Å². The number of carbonyl (C=O) groups is 1. The highest BCUT2D eigenvalue weighted by Crippen LogP contribution is 2.45. The van der Waals surface area contributed by atoms with Gasteiger partial charge in [0.15, 0.2) is 0 Å². The molecule has 3 fully saturated rings. The number of nitrogens with zero attached hydrogens (tertiary/aromatic N) is 2. The number of likely N-dealkylation sites (tertiary alicyclic amines) is 1. The Balaban J connectivity index is 1.51. The van der Waals surface area contributed by atoms with Crippen molar-refractivity contribution >= 4 is 5.91 Å². The van der Waals surface area contributed by atoms with Crippen LogP contribution in [0.2, 0.25) is 0 Å². The van der Waals surface area contributed by atoms with Gasteiger partial charge in [-0.1, -0.05) is 0 Å². The lowest BCUT2D eigenvalue weighted by Crippen LogP contribution is -2.49. The van der Waals surface area contributed by atoms with Gasteiger partial charge < -0.3 is 18.8 Å². The largest absolute Gasteiger partial charge is 0.468 e. The summed E-state index contributed by atoms with van der Waals surface area (Å²) in [5.41, 5.74) is 0.0558. The van der Waals surface area contributed by atoms with E-state index in [1.807, 2.05) is 17.0 Å². The lowest BCUT2D eigenvalue weighted by molar-refractivity contribution is -0.144. The molecule has 1 spiro atoms. The van der Waals surface area contributed by atoms with E-state index in [0.717, 1.165) is 64.5 Å². The normalized spacial score (nSPS) is 27.7. The molecule has 0 N–H and O–H groups in total. The van der Waals surface area contributed by atoms with E-state index in [4.69, 9.17) is 13.9 Å². The zero-order valence-corrected chi connectivity index (χ0v) is 14.1. The summed E-state index contributed by atoms with van der Waals surface area (Å²) >= 11 is 0. The van der Waals surface area contributed by atoms with Crippen LogP contribution in [0.3, 0.4) is 0 Å². The number of carbonyl (C=O) groups excluding carboxylic acids is 1. The third-order valence-corrected chi connectivity index (χ3v) is 5.79. The van der Waals surface area contributed by atoms with Gasteiger partial charge in [0.25, 0.3) is 0 Å². The first kappa shape index (κ1) is 16.1. The number of amides is 1. The minimum atomic E-state index is 0.0558. The highest BCUT2D eigenvalue weighted by atomic mass is 16.5. The van der Waals surface area contributed by atoms with E-state index in [1.54, 1.807) is 6.26 Å². The molecule has 24 heavy (non-hydrogen) atoms. The van der Waals surface area contributed by atoms with Crippen LogP contribution in [0.25, 0.3) is 0 Å². The van der Waals surface area contributed by atoms with E-state index in [9.17, 15) is 4.79 Å². The van der Waals surface area contributed by atoms with Crippen LogP contribution in [0.4, 0.5) is 0 Å². The van der Waals surface area contributed by atoms with Crippen LogP contribution in [-0.2, 0) is 20.8 Å². The highest BCUT2D eigenvalue weighted by Gasteiger charge is 2.51. The molecule has 3 aliphatic rings. The summed E-state index contributed by atoms with van der Waals surface area (Å²) in [5.74, 6) is 1.34. The SMILES string of the molecule is O=C([C@@H]1CN(Cc2ccco2)CC12CCOCC2)N1CCOCC1. The maximum Gasteiger partial charge on any atom is 0.227 e. The third kappa shape index (κ3) is 3.10. The number of hydrogen-bond donors (Lipinski definition) is 0. The number of hydrogen-bond acceptors (Lipinski definition) is 5. The molecular formula is C18H26N2O4. The van der Waals surface area contributed by atoms with Gasteiger partial charge >= 0.3 is 0 Å². The fourth-order valence-electron chi connectivity index (χ4n) is 4.44. The maximum absolute atomic E-state index is 13.2. The summed E-state index contributed by atoms with van der Waals surface area (Å²) < 4.78 is 16.5. The Morgan fingerprint density at radius 3 is 2.62 bits per heavy atom. The standard InChI is InChI=1S/C18H26N2O4/c21-17(20-5-10-23-11-6-20)16-13-19(12-15-2-1-7-24-15)14-18(16)3-8-22-9-4-18/h1-2,7,16H,3-6,8-14H2/t16-/m0/s1. The first-order chi connectivity index (χ1) is 11.8. The molecule has 132 valence electrons. The maximum atomic E-state index is 13.2. The molecule has 0 radical (unpaired) electrons. The van der Waals surface area contributed by atoms with Crippen LogP contribution in [0.5, 0.6) is 0 Å². The van der Waals surface area contributed by atoms with Gasteiger partial charge in [-0.15, -0.1) is 0 Å². The molecule has 0 saturated carbocycles. The average Bonchev–Trinajstić information content (AvgIpc) is 3.24. The molecule has 0 unspecified atom stereocenters. The summed E-state index contributed by atoms with van der Waals surface area (Å²) in [6, 6.07) is 3.93. The van der Waals surface area contributed by atoms with Crippen LogP contribution in [0.15, 0.2) is 22.8 Å². The van der Waals surface area contributed by atoms with E-state index in [0.29, 0.717) is 19.1 Å². The summed E-state index contributed by atoms with van der Waals surface area (Å²) in [6.07, 6.45) is 3.66. The van der Waals surface area contributed by atoms with Crippen molar-refractivity contribution < 1.29 is 18.7 Å². The molecule has 1 aromatic heterocycles. The molecule has 6 nitrogen and oxygen atoms in total. The topological polar surface area (TPSA) is 55.2 Å². The Morgan fingerprint density at radius 2 is 1.92 bits per heavy atom. The van der Waals surface area contributed by atoms with E-state index in [1.165, 1.54) is 0 Å². The highest BCUT2D eigenvalue weighted by molar-refractivity contribution is 5.80. The van der Waals surface area contributed by atoms with Gasteiger partial charge in [-0.2, -0.15) is 0 Å². The van der Waals surface area contributed by atoms with Gasteiger partial charge in [0.2, 0.25) is 5.91 Å². The van der Waals surface area contributed by atoms with Crippen molar-refractivity contribution in [3.63, 3.8) is 0 Å². The third-order valence-electron chi connectivity index (χ3n) is 5.79. The Bertz CT molecular complexity index is 547. The van der Waals surface area contributed by atoms with Gasteiger partial charge in [-0.3, -0.25) is 9.69 Å². The molecule has 0 aliphatic carbocycles. The van der Waals surface area contributed by atoms with Crippen LogP contribution in [0.1, 0.15) is 18.6 Å². The quantitative estimate of drug-likeness (QED) is 0.836. The molecule has 3 aliphatic heterocycles. The molecule has 6 heteroatoms.